The topological polar surface area (TPSA) is 38.3 Å². The lowest BCUT2D eigenvalue weighted by atomic mass is 10.2. The summed E-state index contributed by atoms with van der Waals surface area (Å²) < 4.78 is 42.1. The average molecular weight is 367 g/mol. The van der Waals surface area contributed by atoms with Gasteiger partial charge in [-0.3, -0.25) is 0 Å². The summed E-state index contributed by atoms with van der Waals surface area (Å²) in [6, 6.07) is 15.3. The Hall–Kier alpha value is -2.41. The van der Waals surface area contributed by atoms with Gasteiger partial charge in [-0.2, -0.15) is 13.2 Å². The zero-order valence-corrected chi connectivity index (χ0v) is 13.9. The lowest BCUT2D eigenvalue weighted by Gasteiger charge is -2.06. The fourth-order valence-corrected chi connectivity index (χ4v) is 2.54. The molecule has 0 aliphatic rings. The summed E-state index contributed by atoms with van der Waals surface area (Å²) in [6.07, 6.45) is 2.72. The van der Waals surface area contributed by atoms with Gasteiger partial charge in [-0.05, 0) is 35.0 Å². The minimum absolute atomic E-state index is 0.116. The molecule has 0 bridgehead atoms. The quantitative estimate of drug-likeness (QED) is 0.710. The Bertz CT molecular complexity index is 718. The highest BCUT2D eigenvalue weighted by molar-refractivity contribution is 8.00. The maximum atomic E-state index is 12.3. The summed E-state index contributed by atoms with van der Waals surface area (Å²) in [7, 11) is 0. The Morgan fingerprint density at radius 2 is 1.88 bits per heavy atom. The van der Waals surface area contributed by atoms with Crippen LogP contribution in [0.15, 0.2) is 65.6 Å². The highest BCUT2D eigenvalue weighted by Crippen LogP contribution is 2.37. The number of nitrogens with one attached hydrogen (secondary N) is 1. The number of rotatable bonds is 6. The minimum Gasteiger partial charge on any atom is -0.445 e. The van der Waals surface area contributed by atoms with Gasteiger partial charge in [0.1, 0.15) is 6.61 Å². The predicted molar refractivity (Wildman–Crippen MR) is 92.0 cm³/mol. The molecule has 1 N–H and O–H groups in total. The largest absolute Gasteiger partial charge is 0.446 e. The van der Waals surface area contributed by atoms with Gasteiger partial charge in [-0.15, -0.1) is 0 Å². The lowest BCUT2D eigenvalue weighted by Crippen LogP contribution is -2.24. The van der Waals surface area contributed by atoms with E-state index in [2.05, 4.69) is 5.32 Å². The van der Waals surface area contributed by atoms with Crippen LogP contribution >= 0.6 is 11.8 Å². The Kier molecular flexibility index (Phi) is 6.94. The number of halogens is 3. The third-order valence-corrected chi connectivity index (χ3v) is 3.70. The average Bonchev–Trinajstić information content (AvgIpc) is 2.57. The van der Waals surface area contributed by atoms with Crippen molar-refractivity contribution in [3.63, 3.8) is 0 Å². The van der Waals surface area contributed by atoms with Crippen molar-refractivity contribution in [2.24, 2.45) is 0 Å². The Labute approximate surface area is 147 Å². The number of ether oxygens (including phenoxy) is 1. The maximum Gasteiger partial charge on any atom is 0.446 e. The lowest BCUT2D eigenvalue weighted by molar-refractivity contribution is -0.0328. The summed E-state index contributed by atoms with van der Waals surface area (Å²) in [5, 5.41) is 2.54. The van der Waals surface area contributed by atoms with Gasteiger partial charge in [-0.1, -0.05) is 54.6 Å². The zero-order valence-electron chi connectivity index (χ0n) is 13.1. The normalized spacial score (nSPS) is 11.5. The maximum absolute atomic E-state index is 12.3. The van der Waals surface area contributed by atoms with Crippen LogP contribution in [-0.4, -0.2) is 18.1 Å². The molecule has 0 fully saturated rings. The molecule has 3 nitrogen and oxygen atoms in total. The van der Waals surface area contributed by atoms with Gasteiger partial charge in [0.15, 0.2) is 0 Å². The van der Waals surface area contributed by atoms with E-state index >= 15 is 0 Å². The fourth-order valence-electron chi connectivity index (χ4n) is 1.93. The second-order valence-electron chi connectivity index (χ2n) is 4.97. The number of hydrogen-bond donors (Lipinski definition) is 1. The molecule has 7 heteroatoms. The van der Waals surface area contributed by atoms with Crippen LogP contribution in [0.3, 0.4) is 0 Å². The van der Waals surface area contributed by atoms with E-state index in [1.54, 1.807) is 24.3 Å². The van der Waals surface area contributed by atoms with Crippen molar-refractivity contribution in [3.05, 3.63) is 71.8 Å². The molecule has 0 saturated heterocycles. The molecular weight excluding hydrogens is 351 g/mol. The smallest absolute Gasteiger partial charge is 0.445 e. The number of thioether (sulfide) groups is 1. The first-order valence-corrected chi connectivity index (χ1v) is 8.21. The predicted octanol–water partition coefficient (Wildman–Crippen LogP) is 5.24. The first kappa shape index (κ1) is 18.9. The van der Waals surface area contributed by atoms with E-state index in [0.717, 1.165) is 5.56 Å². The van der Waals surface area contributed by atoms with Crippen molar-refractivity contribution < 1.29 is 22.7 Å². The van der Waals surface area contributed by atoms with Crippen molar-refractivity contribution >= 4 is 23.9 Å². The third kappa shape index (κ3) is 7.80. The molecule has 1 amide bonds. The third-order valence-electron chi connectivity index (χ3n) is 2.98. The minimum atomic E-state index is -4.31. The van der Waals surface area contributed by atoms with E-state index in [0.29, 0.717) is 5.56 Å². The number of benzene rings is 2. The van der Waals surface area contributed by atoms with Gasteiger partial charge in [-0.25, -0.2) is 4.79 Å². The van der Waals surface area contributed by atoms with Crippen molar-refractivity contribution in [3.8, 4) is 0 Å². The van der Waals surface area contributed by atoms with Crippen LogP contribution < -0.4 is 5.32 Å². The molecule has 0 heterocycles. The van der Waals surface area contributed by atoms with E-state index in [1.165, 1.54) is 12.1 Å². The highest BCUT2D eigenvalue weighted by atomic mass is 32.2. The van der Waals surface area contributed by atoms with Crippen LogP contribution in [0.2, 0.25) is 0 Å². The van der Waals surface area contributed by atoms with E-state index < -0.39 is 11.6 Å². The van der Waals surface area contributed by atoms with Gasteiger partial charge >= 0.3 is 11.6 Å². The van der Waals surface area contributed by atoms with Crippen molar-refractivity contribution in [1.29, 1.82) is 0 Å². The fraction of sp³-hybridized carbons (Fsp3) is 0.167. The Morgan fingerprint density at radius 1 is 1.12 bits per heavy atom. The van der Waals surface area contributed by atoms with Gasteiger partial charge in [0, 0.05) is 11.4 Å². The molecule has 0 unspecified atom stereocenters. The van der Waals surface area contributed by atoms with Crippen molar-refractivity contribution in [2.45, 2.75) is 17.0 Å². The first-order valence-electron chi connectivity index (χ1n) is 7.39. The molecule has 25 heavy (non-hydrogen) atoms. The number of carbonyl (C=O) groups is 1. The van der Waals surface area contributed by atoms with E-state index in [9.17, 15) is 18.0 Å². The zero-order chi connectivity index (χ0) is 18.1. The Balaban J connectivity index is 1.75. The molecule has 0 spiro atoms. The van der Waals surface area contributed by atoms with Crippen LogP contribution in [0, 0.1) is 0 Å². The SMILES string of the molecule is O=C(NCC=Cc1cccc(SC(F)(F)F)c1)OCc1ccccc1. The molecule has 0 atom stereocenters. The number of carbonyl (C=O) groups excluding carboxylic acids is 1. The molecule has 0 radical (unpaired) electrons. The number of amides is 1. The molecule has 0 aliphatic carbocycles. The summed E-state index contributed by atoms with van der Waals surface area (Å²) in [4.78, 5) is 11.7. The van der Waals surface area contributed by atoms with Crippen molar-refractivity contribution in [1.82, 2.24) is 5.32 Å². The van der Waals surface area contributed by atoms with Gasteiger partial charge in [0.2, 0.25) is 0 Å². The summed E-state index contributed by atoms with van der Waals surface area (Å²) in [5.74, 6) is 0. The monoisotopic (exact) mass is 367 g/mol. The summed E-state index contributed by atoms with van der Waals surface area (Å²) >= 11 is -0.160. The number of alkyl carbamates (subject to hydrolysis) is 1. The van der Waals surface area contributed by atoms with Crippen LogP contribution in [0.25, 0.3) is 6.08 Å². The van der Waals surface area contributed by atoms with E-state index in [1.807, 2.05) is 30.3 Å². The van der Waals surface area contributed by atoms with Gasteiger partial charge in [0.25, 0.3) is 0 Å². The molecule has 132 valence electrons. The van der Waals surface area contributed by atoms with E-state index in [4.69, 9.17) is 4.74 Å². The molecule has 2 rings (SSSR count). The summed E-state index contributed by atoms with van der Waals surface area (Å²) in [6.45, 7) is 0.386. The Morgan fingerprint density at radius 3 is 2.60 bits per heavy atom. The van der Waals surface area contributed by atoms with Crippen LogP contribution in [0.5, 0.6) is 0 Å². The highest BCUT2D eigenvalue weighted by Gasteiger charge is 2.29. The molecular formula is C18H16F3NO2S. The number of alkyl halides is 3. The molecule has 0 aliphatic heterocycles. The van der Waals surface area contributed by atoms with Crippen molar-refractivity contribution in [2.75, 3.05) is 6.54 Å². The molecule has 2 aromatic carbocycles. The first-order chi connectivity index (χ1) is 11.9. The standard InChI is InChI=1S/C18H16F3NO2S/c19-18(20,21)25-16-10-4-8-14(12-16)9-5-11-22-17(23)24-13-15-6-2-1-3-7-15/h1-10,12H,11,13H2,(H,22,23). The number of hydrogen-bond acceptors (Lipinski definition) is 3. The molecule has 0 saturated carbocycles. The summed E-state index contributed by atoms with van der Waals surface area (Å²) in [5.41, 5.74) is -2.81. The van der Waals surface area contributed by atoms with Gasteiger partial charge < -0.3 is 10.1 Å². The van der Waals surface area contributed by atoms with Crippen LogP contribution in [0.1, 0.15) is 11.1 Å². The molecule has 2 aromatic rings. The molecule has 0 aromatic heterocycles. The van der Waals surface area contributed by atoms with Crippen LogP contribution in [-0.2, 0) is 11.3 Å². The second-order valence-corrected chi connectivity index (χ2v) is 6.10. The second kappa shape index (κ2) is 9.17. The van der Waals surface area contributed by atoms with Gasteiger partial charge in [0.05, 0.1) is 0 Å². The van der Waals surface area contributed by atoms with E-state index in [-0.39, 0.29) is 29.8 Å². The van der Waals surface area contributed by atoms with Crippen LogP contribution in [0.4, 0.5) is 18.0 Å².